The number of nitrogens with one attached hydrogen (secondary N) is 1. The van der Waals surface area contributed by atoms with Crippen LogP contribution in [0, 0.1) is 11.3 Å². The number of fused-ring (bicyclic) bond motifs is 1. The van der Waals surface area contributed by atoms with Gasteiger partial charge < -0.3 is 0 Å². The smallest absolute Gasteiger partial charge is 0.212 e. The standard InChI is InChI=1S/C12H21NO2S/c1-5-12-7-6-10(9(12)8-12)13-16(14,15)11(2,3)4/h5,9-10,13H,1,6-8H2,2-4H3/t9-,10+,12-/m0/s1. The zero-order chi connectivity index (χ0) is 12.2. The van der Waals surface area contributed by atoms with E-state index in [9.17, 15) is 8.42 Å². The zero-order valence-electron chi connectivity index (χ0n) is 10.3. The molecule has 2 saturated carbocycles. The van der Waals surface area contributed by atoms with Crippen LogP contribution in [0.25, 0.3) is 0 Å². The first-order chi connectivity index (χ1) is 7.22. The Morgan fingerprint density at radius 2 is 2.06 bits per heavy atom. The van der Waals surface area contributed by atoms with Gasteiger partial charge in [0.25, 0.3) is 0 Å². The van der Waals surface area contributed by atoms with Crippen molar-refractivity contribution in [2.45, 2.75) is 50.8 Å². The second-order valence-corrected chi connectivity index (χ2v) is 8.59. The Kier molecular flexibility index (Phi) is 2.52. The number of rotatable bonds is 3. The van der Waals surface area contributed by atoms with Gasteiger partial charge in [-0.05, 0) is 51.4 Å². The molecule has 0 aromatic heterocycles. The van der Waals surface area contributed by atoms with E-state index in [1.54, 1.807) is 20.8 Å². The molecule has 0 spiro atoms. The molecule has 3 atom stereocenters. The van der Waals surface area contributed by atoms with Crippen molar-refractivity contribution in [2.24, 2.45) is 11.3 Å². The van der Waals surface area contributed by atoms with Crippen molar-refractivity contribution in [3.8, 4) is 0 Å². The summed E-state index contributed by atoms with van der Waals surface area (Å²) in [6, 6.07) is 0.127. The first-order valence-electron chi connectivity index (χ1n) is 5.87. The highest BCUT2D eigenvalue weighted by Gasteiger charge is 2.60. The summed E-state index contributed by atoms with van der Waals surface area (Å²) in [6.07, 6.45) is 5.15. The summed E-state index contributed by atoms with van der Waals surface area (Å²) in [6.45, 7) is 9.06. The summed E-state index contributed by atoms with van der Waals surface area (Å²) >= 11 is 0. The Labute approximate surface area is 98.4 Å². The molecule has 0 aromatic rings. The van der Waals surface area contributed by atoms with Gasteiger partial charge in [0.15, 0.2) is 0 Å². The predicted molar refractivity (Wildman–Crippen MR) is 65.6 cm³/mol. The minimum Gasteiger partial charge on any atom is -0.212 e. The molecule has 0 aliphatic heterocycles. The molecule has 2 rings (SSSR count). The third-order valence-electron chi connectivity index (χ3n) is 4.10. The summed E-state index contributed by atoms with van der Waals surface area (Å²) < 4.78 is 26.2. The van der Waals surface area contributed by atoms with Gasteiger partial charge in [0.1, 0.15) is 0 Å². The third-order valence-corrected chi connectivity index (χ3v) is 6.33. The lowest BCUT2D eigenvalue weighted by molar-refractivity contribution is 0.500. The van der Waals surface area contributed by atoms with Crippen LogP contribution in [-0.2, 0) is 10.0 Å². The van der Waals surface area contributed by atoms with Crippen molar-refractivity contribution >= 4 is 10.0 Å². The van der Waals surface area contributed by atoms with Gasteiger partial charge >= 0.3 is 0 Å². The lowest BCUT2D eigenvalue weighted by Crippen LogP contribution is -2.44. The quantitative estimate of drug-likeness (QED) is 0.771. The van der Waals surface area contributed by atoms with Crippen LogP contribution in [0.1, 0.15) is 40.0 Å². The minimum atomic E-state index is -3.21. The summed E-state index contributed by atoms with van der Waals surface area (Å²) in [5, 5.41) is 0. The fourth-order valence-corrected chi connectivity index (χ4v) is 3.69. The fraction of sp³-hybridized carbons (Fsp3) is 0.833. The number of hydrogen-bond donors (Lipinski definition) is 1. The Hall–Kier alpha value is -0.350. The van der Waals surface area contributed by atoms with E-state index in [0.29, 0.717) is 5.92 Å². The maximum absolute atomic E-state index is 12.0. The Morgan fingerprint density at radius 1 is 1.44 bits per heavy atom. The normalized spacial score (nSPS) is 38.2. The number of sulfonamides is 1. The van der Waals surface area contributed by atoms with Gasteiger partial charge in [0.2, 0.25) is 10.0 Å². The molecule has 0 aromatic carbocycles. The van der Waals surface area contributed by atoms with E-state index in [2.05, 4.69) is 11.3 Å². The van der Waals surface area contributed by atoms with Crippen molar-refractivity contribution in [1.29, 1.82) is 0 Å². The van der Waals surface area contributed by atoms with Crippen LogP contribution in [0.2, 0.25) is 0 Å². The Morgan fingerprint density at radius 3 is 2.44 bits per heavy atom. The molecule has 16 heavy (non-hydrogen) atoms. The maximum atomic E-state index is 12.0. The topological polar surface area (TPSA) is 46.2 Å². The van der Waals surface area contributed by atoms with Crippen LogP contribution in [-0.4, -0.2) is 19.2 Å². The van der Waals surface area contributed by atoms with Crippen molar-refractivity contribution < 1.29 is 8.42 Å². The second-order valence-electron chi connectivity index (χ2n) is 6.13. The van der Waals surface area contributed by atoms with Gasteiger partial charge in [-0.1, -0.05) is 6.08 Å². The lowest BCUT2D eigenvalue weighted by atomic mass is 10.1. The SMILES string of the molecule is C=C[C@@]12CC[C@@H](NS(=O)(=O)C(C)(C)C)[C@@H]1C2. The first-order valence-corrected chi connectivity index (χ1v) is 7.36. The molecule has 0 amide bonds. The highest BCUT2D eigenvalue weighted by Crippen LogP contribution is 2.64. The van der Waals surface area contributed by atoms with Crippen molar-refractivity contribution in [3.63, 3.8) is 0 Å². The molecule has 0 saturated heterocycles. The van der Waals surface area contributed by atoms with Gasteiger partial charge in [-0.25, -0.2) is 13.1 Å². The average molecular weight is 243 g/mol. The summed E-state index contributed by atoms with van der Waals surface area (Å²) in [7, 11) is -3.21. The molecule has 1 N–H and O–H groups in total. The van der Waals surface area contributed by atoms with Crippen molar-refractivity contribution in [1.82, 2.24) is 4.72 Å². The molecule has 2 aliphatic carbocycles. The van der Waals surface area contributed by atoms with E-state index in [1.807, 2.05) is 6.08 Å². The summed E-state index contributed by atoms with van der Waals surface area (Å²) in [5.41, 5.74) is 0.255. The van der Waals surface area contributed by atoms with E-state index in [0.717, 1.165) is 19.3 Å². The van der Waals surface area contributed by atoms with E-state index in [-0.39, 0.29) is 11.5 Å². The van der Waals surface area contributed by atoms with E-state index < -0.39 is 14.8 Å². The Bertz CT molecular complexity index is 407. The first kappa shape index (κ1) is 12.1. The molecule has 92 valence electrons. The van der Waals surface area contributed by atoms with Crippen molar-refractivity contribution in [2.75, 3.05) is 0 Å². The van der Waals surface area contributed by atoms with Gasteiger partial charge in [-0.3, -0.25) is 0 Å². The average Bonchev–Trinajstić information content (AvgIpc) is 2.78. The van der Waals surface area contributed by atoms with Gasteiger partial charge in [0.05, 0.1) is 4.75 Å². The van der Waals surface area contributed by atoms with Gasteiger partial charge in [-0.2, -0.15) is 0 Å². The highest BCUT2D eigenvalue weighted by molar-refractivity contribution is 7.90. The molecule has 2 aliphatic rings. The molecular formula is C12H21NO2S. The van der Waals surface area contributed by atoms with Crippen LogP contribution in [0.5, 0.6) is 0 Å². The Balaban J connectivity index is 2.07. The molecule has 0 radical (unpaired) electrons. The second kappa shape index (κ2) is 3.33. The van der Waals surface area contributed by atoms with E-state index >= 15 is 0 Å². The minimum absolute atomic E-state index is 0.127. The molecule has 2 fully saturated rings. The molecule has 3 nitrogen and oxygen atoms in total. The maximum Gasteiger partial charge on any atom is 0.216 e. The van der Waals surface area contributed by atoms with Crippen LogP contribution in [0.15, 0.2) is 12.7 Å². The van der Waals surface area contributed by atoms with Crippen LogP contribution in [0.4, 0.5) is 0 Å². The highest BCUT2D eigenvalue weighted by atomic mass is 32.2. The largest absolute Gasteiger partial charge is 0.216 e. The van der Waals surface area contributed by atoms with Crippen molar-refractivity contribution in [3.05, 3.63) is 12.7 Å². The fourth-order valence-electron chi connectivity index (χ4n) is 2.66. The summed E-state index contributed by atoms with van der Waals surface area (Å²) in [5.74, 6) is 0.488. The molecule has 0 bridgehead atoms. The summed E-state index contributed by atoms with van der Waals surface area (Å²) in [4.78, 5) is 0. The molecular weight excluding hydrogens is 222 g/mol. The van der Waals surface area contributed by atoms with Crippen LogP contribution < -0.4 is 4.72 Å². The zero-order valence-corrected chi connectivity index (χ0v) is 11.1. The van der Waals surface area contributed by atoms with Gasteiger partial charge in [-0.15, -0.1) is 6.58 Å². The van der Waals surface area contributed by atoms with E-state index in [4.69, 9.17) is 0 Å². The third kappa shape index (κ3) is 1.72. The monoisotopic (exact) mass is 243 g/mol. The number of hydrogen-bond acceptors (Lipinski definition) is 2. The molecule has 0 unspecified atom stereocenters. The molecule has 0 heterocycles. The van der Waals surface area contributed by atoms with E-state index in [1.165, 1.54) is 0 Å². The van der Waals surface area contributed by atoms with Crippen LogP contribution in [0.3, 0.4) is 0 Å². The predicted octanol–water partition coefficient (Wildman–Crippen LogP) is 2.06. The molecule has 4 heteroatoms. The lowest BCUT2D eigenvalue weighted by Gasteiger charge is -2.23. The number of allylic oxidation sites excluding steroid dienone is 1. The van der Waals surface area contributed by atoms with Gasteiger partial charge in [0, 0.05) is 6.04 Å². The van der Waals surface area contributed by atoms with Crippen LogP contribution >= 0.6 is 0 Å².